The number of nitrogens with one attached hydrogen (secondary N) is 2. The normalized spacial score (nSPS) is 22.1. The van der Waals surface area contributed by atoms with E-state index >= 15 is 0 Å². The van der Waals surface area contributed by atoms with Gasteiger partial charge in [-0.25, -0.2) is 0 Å². The number of nitrogens with zero attached hydrogens (tertiary/aromatic N) is 4. The Bertz CT molecular complexity index is 669. The molecule has 0 radical (unpaired) electrons. The predicted molar refractivity (Wildman–Crippen MR) is 128 cm³/mol. The van der Waals surface area contributed by atoms with Crippen molar-refractivity contribution in [3.05, 3.63) is 35.4 Å². The van der Waals surface area contributed by atoms with Crippen molar-refractivity contribution in [2.24, 2.45) is 10.9 Å². The molecule has 2 heterocycles. The first-order valence-electron chi connectivity index (χ1n) is 11.8. The maximum Gasteiger partial charge on any atom is 0.191 e. The average molecular weight is 431 g/mol. The summed E-state index contributed by atoms with van der Waals surface area (Å²) < 4.78 is 5.94. The van der Waals surface area contributed by atoms with E-state index in [9.17, 15) is 0 Å². The number of rotatable bonds is 8. The molecule has 0 aromatic heterocycles. The molecule has 2 N–H and O–H groups in total. The third kappa shape index (κ3) is 8.41. The molecule has 2 aliphatic heterocycles. The molecule has 0 spiro atoms. The first kappa shape index (κ1) is 24.0. The largest absolute Gasteiger partial charge is 0.374 e. The highest BCUT2D eigenvalue weighted by molar-refractivity contribution is 5.79. The van der Waals surface area contributed by atoms with Crippen LogP contribution in [0.1, 0.15) is 25.0 Å². The number of likely N-dealkylation sites (N-methyl/N-ethyl adjacent to an activating group) is 1. The molecule has 3 rings (SSSR count). The molecule has 1 atom stereocenters. The molecular weight excluding hydrogens is 388 g/mol. The Morgan fingerprint density at radius 2 is 1.74 bits per heavy atom. The van der Waals surface area contributed by atoms with Crippen molar-refractivity contribution >= 4 is 5.96 Å². The van der Waals surface area contributed by atoms with Crippen LogP contribution in [-0.4, -0.2) is 99.8 Å². The van der Waals surface area contributed by atoms with Crippen LogP contribution in [0.15, 0.2) is 29.3 Å². The lowest BCUT2D eigenvalue weighted by Crippen LogP contribution is -2.50. The number of hydrogen-bond donors (Lipinski definition) is 2. The van der Waals surface area contributed by atoms with E-state index in [0.717, 1.165) is 78.0 Å². The highest BCUT2D eigenvalue weighted by Crippen LogP contribution is 2.10. The third-order valence-corrected chi connectivity index (χ3v) is 6.05. The highest BCUT2D eigenvalue weighted by atomic mass is 16.5. The van der Waals surface area contributed by atoms with Gasteiger partial charge in [0.25, 0.3) is 0 Å². The van der Waals surface area contributed by atoms with E-state index < -0.39 is 0 Å². The summed E-state index contributed by atoms with van der Waals surface area (Å²) in [5.74, 6) is 1.51. The van der Waals surface area contributed by atoms with Gasteiger partial charge in [0.15, 0.2) is 5.96 Å². The number of hydrogen-bond acceptors (Lipinski definition) is 5. The first-order valence-corrected chi connectivity index (χ1v) is 11.8. The lowest BCUT2D eigenvalue weighted by Gasteiger charge is -2.34. The number of ether oxygens (including phenoxy) is 1. The van der Waals surface area contributed by atoms with Gasteiger partial charge in [0.1, 0.15) is 0 Å². The van der Waals surface area contributed by atoms with Gasteiger partial charge in [0, 0.05) is 72.5 Å². The summed E-state index contributed by atoms with van der Waals surface area (Å²) in [6.45, 7) is 15.7. The van der Waals surface area contributed by atoms with Gasteiger partial charge in [-0.1, -0.05) is 38.1 Å². The second-order valence-electron chi connectivity index (χ2n) is 9.35. The maximum absolute atomic E-state index is 5.94. The van der Waals surface area contributed by atoms with Gasteiger partial charge >= 0.3 is 0 Å². The molecule has 2 fully saturated rings. The number of piperazine rings is 1. The van der Waals surface area contributed by atoms with E-state index in [4.69, 9.17) is 4.74 Å². The molecule has 0 saturated carbocycles. The molecule has 174 valence electrons. The summed E-state index contributed by atoms with van der Waals surface area (Å²) in [5.41, 5.74) is 2.65. The van der Waals surface area contributed by atoms with Gasteiger partial charge in [-0.3, -0.25) is 14.8 Å². The SMILES string of the molecule is CN=C(NCc1ccc(CN2CCN(C)CC2)cc1)NCC1CN(CC(C)C)CCO1. The number of guanidine groups is 1. The van der Waals surface area contributed by atoms with Crippen molar-refractivity contribution < 1.29 is 4.74 Å². The molecule has 1 aromatic carbocycles. The lowest BCUT2D eigenvalue weighted by atomic mass is 10.1. The number of aliphatic imine (C=N–C) groups is 1. The van der Waals surface area contributed by atoms with Crippen molar-refractivity contribution in [3.8, 4) is 0 Å². The van der Waals surface area contributed by atoms with Crippen molar-refractivity contribution in [3.63, 3.8) is 0 Å². The summed E-state index contributed by atoms with van der Waals surface area (Å²) in [6, 6.07) is 8.95. The van der Waals surface area contributed by atoms with Crippen LogP contribution in [0.3, 0.4) is 0 Å². The van der Waals surface area contributed by atoms with E-state index in [1.165, 1.54) is 11.1 Å². The zero-order chi connectivity index (χ0) is 22.1. The minimum Gasteiger partial charge on any atom is -0.374 e. The average Bonchev–Trinajstić information content (AvgIpc) is 2.76. The molecule has 1 unspecified atom stereocenters. The Kier molecular flexibility index (Phi) is 9.58. The smallest absolute Gasteiger partial charge is 0.191 e. The van der Waals surface area contributed by atoms with Crippen LogP contribution in [-0.2, 0) is 17.8 Å². The highest BCUT2D eigenvalue weighted by Gasteiger charge is 2.21. The molecule has 31 heavy (non-hydrogen) atoms. The van der Waals surface area contributed by atoms with Crippen molar-refractivity contribution in [1.29, 1.82) is 0 Å². The van der Waals surface area contributed by atoms with Crippen LogP contribution in [0.2, 0.25) is 0 Å². The molecule has 0 aliphatic carbocycles. The molecule has 0 amide bonds. The standard InChI is InChI=1S/C24H42N6O/c1-20(2)17-30-13-14-31-23(19-30)16-27-24(25-3)26-15-21-5-7-22(8-6-21)18-29-11-9-28(4)10-12-29/h5-8,20,23H,9-19H2,1-4H3,(H2,25,26,27). The fourth-order valence-electron chi connectivity index (χ4n) is 4.23. The summed E-state index contributed by atoms with van der Waals surface area (Å²) in [6.07, 6.45) is 0.208. The Hall–Kier alpha value is -1.67. The molecule has 1 aromatic rings. The lowest BCUT2D eigenvalue weighted by molar-refractivity contribution is -0.0284. The Morgan fingerprint density at radius 3 is 2.42 bits per heavy atom. The Labute approximate surface area is 188 Å². The van der Waals surface area contributed by atoms with Gasteiger partial charge in [-0.05, 0) is 24.1 Å². The van der Waals surface area contributed by atoms with E-state index in [1.807, 2.05) is 7.05 Å². The van der Waals surface area contributed by atoms with Gasteiger partial charge in [0.2, 0.25) is 0 Å². The van der Waals surface area contributed by atoms with Crippen LogP contribution in [0, 0.1) is 5.92 Å². The molecule has 2 aliphatic rings. The van der Waals surface area contributed by atoms with E-state index in [0.29, 0.717) is 5.92 Å². The second-order valence-corrected chi connectivity index (χ2v) is 9.35. The fourth-order valence-corrected chi connectivity index (χ4v) is 4.23. The van der Waals surface area contributed by atoms with Crippen molar-refractivity contribution in [2.75, 3.05) is 73.1 Å². The fraction of sp³-hybridized carbons (Fsp3) is 0.708. The summed E-state index contributed by atoms with van der Waals surface area (Å²) >= 11 is 0. The molecular formula is C24H42N6O. The minimum atomic E-state index is 0.208. The van der Waals surface area contributed by atoms with Crippen LogP contribution >= 0.6 is 0 Å². The van der Waals surface area contributed by atoms with Crippen molar-refractivity contribution in [2.45, 2.75) is 33.0 Å². The Balaban J connectivity index is 1.38. The van der Waals surface area contributed by atoms with Gasteiger partial charge in [-0.2, -0.15) is 0 Å². The van der Waals surface area contributed by atoms with E-state index in [2.05, 4.69) is 75.5 Å². The molecule has 0 bridgehead atoms. The summed E-state index contributed by atoms with van der Waals surface area (Å²) in [4.78, 5) is 11.8. The first-order chi connectivity index (χ1) is 15.0. The topological polar surface area (TPSA) is 55.4 Å². The van der Waals surface area contributed by atoms with E-state index in [-0.39, 0.29) is 6.10 Å². The van der Waals surface area contributed by atoms with Gasteiger partial charge < -0.3 is 20.3 Å². The quantitative estimate of drug-likeness (QED) is 0.481. The number of benzene rings is 1. The van der Waals surface area contributed by atoms with Gasteiger partial charge in [-0.15, -0.1) is 0 Å². The molecule has 7 nitrogen and oxygen atoms in total. The summed E-state index contributed by atoms with van der Waals surface area (Å²) in [7, 11) is 4.02. The van der Waals surface area contributed by atoms with Crippen LogP contribution in [0.4, 0.5) is 0 Å². The minimum absolute atomic E-state index is 0.208. The summed E-state index contributed by atoms with van der Waals surface area (Å²) in [5, 5.41) is 6.86. The van der Waals surface area contributed by atoms with Crippen molar-refractivity contribution in [1.82, 2.24) is 25.3 Å². The van der Waals surface area contributed by atoms with E-state index in [1.54, 1.807) is 0 Å². The van der Waals surface area contributed by atoms with Crippen LogP contribution < -0.4 is 10.6 Å². The molecule has 2 saturated heterocycles. The van der Waals surface area contributed by atoms with Crippen LogP contribution in [0.25, 0.3) is 0 Å². The van der Waals surface area contributed by atoms with Gasteiger partial charge in [0.05, 0.1) is 12.7 Å². The predicted octanol–water partition coefficient (Wildman–Crippen LogP) is 1.46. The Morgan fingerprint density at radius 1 is 1.03 bits per heavy atom. The monoisotopic (exact) mass is 430 g/mol. The molecule has 7 heteroatoms. The maximum atomic E-state index is 5.94. The zero-order valence-electron chi connectivity index (χ0n) is 19.9. The van der Waals surface area contributed by atoms with Crippen LogP contribution in [0.5, 0.6) is 0 Å². The zero-order valence-corrected chi connectivity index (χ0v) is 19.9. The second kappa shape index (κ2) is 12.4. The third-order valence-electron chi connectivity index (χ3n) is 6.05. The number of morpholine rings is 1.